The third kappa shape index (κ3) is 3.69. The molecule has 0 saturated carbocycles. The first-order valence-corrected chi connectivity index (χ1v) is 6.82. The molecule has 1 unspecified atom stereocenters. The molecule has 0 fully saturated rings. The van der Waals surface area contributed by atoms with Gasteiger partial charge < -0.3 is 10.1 Å². The Kier molecular flexibility index (Phi) is 5.42. The van der Waals surface area contributed by atoms with Crippen LogP contribution in [0, 0.1) is 0 Å². The second-order valence-corrected chi connectivity index (χ2v) is 5.47. The van der Waals surface area contributed by atoms with Crippen molar-refractivity contribution in [2.24, 2.45) is 0 Å². The average molecular weight is 319 g/mol. The third-order valence-electron chi connectivity index (χ3n) is 2.41. The van der Waals surface area contributed by atoms with Crippen LogP contribution >= 0.6 is 27.7 Å². The Morgan fingerprint density at radius 1 is 1.71 bits per heavy atom. The maximum atomic E-state index is 11.6. The SMILES string of the molecule is CNC(C)(CSc1ncccc1Br)C(=O)OC. The van der Waals surface area contributed by atoms with Crippen LogP contribution in [0.15, 0.2) is 27.8 Å². The lowest BCUT2D eigenvalue weighted by Crippen LogP contribution is -2.50. The molecule has 1 rings (SSSR count). The summed E-state index contributed by atoms with van der Waals surface area (Å²) in [5, 5.41) is 3.84. The number of esters is 1. The van der Waals surface area contributed by atoms with Gasteiger partial charge in [0.15, 0.2) is 0 Å². The van der Waals surface area contributed by atoms with Gasteiger partial charge in [0.1, 0.15) is 10.6 Å². The van der Waals surface area contributed by atoms with E-state index in [1.54, 1.807) is 13.2 Å². The summed E-state index contributed by atoms with van der Waals surface area (Å²) < 4.78 is 5.70. The number of nitrogens with one attached hydrogen (secondary N) is 1. The maximum absolute atomic E-state index is 11.6. The molecule has 1 aromatic rings. The number of hydrogen-bond donors (Lipinski definition) is 1. The minimum absolute atomic E-state index is 0.278. The summed E-state index contributed by atoms with van der Waals surface area (Å²) in [7, 11) is 3.13. The fourth-order valence-corrected chi connectivity index (χ4v) is 2.78. The van der Waals surface area contributed by atoms with Crippen LogP contribution in [-0.4, -0.2) is 36.4 Å². The lowest BCUT2D eigenvalue weighted by atomic mass is 10.1. The number of carbonyl (C=O) groups is 1. The number of nitrogens with zero attached hydrogens (tertiary/aromatic N) is 1. The Hall–Kier alpha value is -0.590. The first-order chi connectivity index (χ1) is 8.03. The standard InChI is InChI=1S/C11H15BrN2O2S/c1-11(13-2,10(15)16-3)7-17-9-8(12)5-4-6-14-9/h4-6,13H,7H2,1-3H3. The minimum atomic E-state index is -0.712. The molecule has 94 valence electrons. The van der Waals surface area contributed by atoms with Crippen LogP contribution in [0.1, 0.15) is 6.92 Å². The summed E-state index contributed by atoms with van der Waals surface area (Å²) in [6.07, 6.45) is 1.72. The smallest absolute Gasteiger partial charge is 0.326 e. The van der Waals surface area contributed by atoms with E-state index in [-0.39, 0.29) is 5.97 Å². The molecule has 1 N–H and O–H groups in total. The molecule has 1 heterocycles. The Morgan fingerprint density at radius 3 is 2.94 bits per heavy atom. The van der Waals surface area contributed by atoms with Gasteiger partial charge in [-0.25, -0.2) is 4.98 Å². The van der Waals surface area contributed by atoms with Crippen molar-refractivity contribution in [3.8, 4) is 0 Å². The Morgan fingerprint density at radius 2 is 2.41 bits per heavy atom. The van der Waals surface area contributed by atoms with E-state index in [0.29, 0.717) is 5.75 Å². The molecule has 0 amide bonds. The molecule has 1 aromatic heterocycles. The van der Waals surface area contributed by atoms with E-state index < -0.39 is 5.54 Å². The zero-order valence-electron chi connectivity index (χ0n) is 9.99. The second-order valence-electron chi connectivity index (χ2n) is 3.65. The predicted octanol–water partition coefficient (Wildman–Crippen LogP) is 2.09. The fraction of sp³-hybridized carbons (Fsp3) is 0.455. The molecule has 0 saturated heterocycles. The molecule has 17 heavy (non-hydrogen) atoms. The van der Waals surface area contributed by atoms with Crippen molar-refractivity contribution in [3.05, 3.63) is 22.8 Å². The van der Waals surface area contributed by atoms with Crippen molar-refractivity contribution in [1.29, 1.82) is 0 Å². The van der Waals surface area contributed by atoms with Gasteiger partial charge in [-0.2, -0.15) is 0 Å². The van der Waals surface area contributed by atoms with E-state index in [1.807, 2.05) is 19.1 Å². The first-order valence-electron chi connectivity index (χ1n) is 5.04. The van der Waals surface area contributed by atoms with Crippen LogP contribution in [0.3, 0.4) is 0 Å². The number of halogens is 1. The van der Waals surface area contributed by atoms with E-state index in [2.05, 4.69) is 26.2 Å². The number of carbonyl (C=O) groups excluding carboxylic acids is 1. The van der Waals surface area contributed by atoms with Gasteiger partial charge in [0.25, 0.3) is 0 Å². The van der Waals surface area contributed by atoms with Crippen LogP contribution < -0.4 is 5.32 Å². The maximum Gasteiger partial charge on any atom is 0.326 e. The van der Waals surface area contributed by atoms with Gasteiger partial charge in [-0.05, 0) is 42.0 Å². The summed E-state index contributed by atoms with van der Waals surface area (Å²) in [4.78, 5) is 15.9. The van der Waals surface area contributed by atoms with E-state index in [9.17, 15) is 4.79 Å². The van der Waals surface area contributed by atoms with E-state index in [0.717, 1.165) is 9.50 Å². The summed E-state index contributed by atoms with van der Waals surface area (Å²) in [5.74, 6) is 0.269. The zero-order chi connectivity index (χ0) is 12.9. The quantitative estimate of drug-likeness (QED) is 0.665. The van der Waals surface area contributed by atoms with Crippen LogP contribution in [0.5, 0.6) is 0 Å². The van der Waals surface area contributed by atoms with Gasteiger partial charge in [0.2, 0.25) is 0 Å². The highest BCUT2D eigenvalue weighted by Crippen LogP contribution is 2.27. The third-order valence-corrected chi connectivity index (χ3v) is 4.63. The highest BCUT2D eigenvalue weighted by atomic mass is 79.9. The largest absolute Gasteiger partial charge is 0.468 e. The summed E-state index contributed by atoms with van der Waals surface area (Å²) in [6, 6.07) is 3.77. The summed E-state index contributed by atoms with van der Waals surface area (Å²) >= 11 is 4.92. The van der Waals surface area contributed by atoms with Crippen molar-refractivity contribution < 1.29 is 9.53 Å². The summed E-state index contributed by atoms with van der Waals surface area (Å²) in [6.45, 7) is 1.81. The molecule has 1 atom stereocenters. The molecule has 0 bridgehead atoms. The molecule has 0 aromatic carbocycles. The van der Waals surface area contributed by atoms with Crippen LogP contribution in [0.2, 0.25) is 0 Å². The van der Waals surface area contributed by atoms with Crippen LogP contribution in [-0.2, 0) is 9.53 Å². The van der Waals surface area contributed by atoms with Gasteiger partial charge in [0, 0.05) is 16.4 Å². The van der Waals surface area contributed by atoms with Gasteiger partial charge in [-0.1, -0.05) is 0 Å². The molecule has 0 aliphatic rings. The van der Waals surface area contributed by atoms with Gasteiger partial charge in [-0.15, -0.1) is 11.8 Å². The van der Waals surface area contributed by atoms with Crippen molar-refractivity contribution in [2.45, 2.75) is 17.5 Å². The monoisotopic (exact) mass is 318 g/mol. The number of ether oxygens (including phenoxy) is 1. The Balaban J connectivity index is 2.72. The molecule has 0 radical (unpaired) electrons. The molecule has 0 aliphatic heterocycles. The number of rotatable bonds is 5. The second kappa shape index (κ2) is 6.37. The molecule has 0 aliphatic carbocycles. The number of aromatic nitrogens is 1. The molecular formula is C11H15BrN2O2S. The predicted molar refractivity (Wildman–Crippen MR) is 72.1 cm³/mol. The topological polar surface area (TPSA) is 51.2 Å². The highest BCUT2D eigenvalue weighted by molar-refractivity contribution is 9.10. The Bertz CT molecular complexity index is 403. The first kappa shape index (κ1) is 14.5. The lowest BCUT2D eigenvalue weighted by molar-refractivity contribution is -0.146. The number of pyridine rings is 1. The summed E-state index contributed by atoms with van der Waals surface area (Å²) in [5.41, 5.74) is -0.712. The van der Waals surface area contributed by atoms with Crippen molar-refractivity contribution >= 4 is 33.7 Å². The molecule has 0 spiro atoms. The van der Waals surface area contributed by atoms with Gasteiger partial charge in [-0.3, -0.25) is 4.79 Å². The van der Waals surface area contributed by atoms with Crippen LogP contribution in [0.25, 0.3) is 0 Å². The van der Waals surface area contributed by atoms with Gasteiger partial charge in [0.05, 0.1) is 7.11 Å². The normalized spacial score (nSPS) is 14.1. The van der Waals surface area contributed by atoms with E-state index in [4.69, 9.17) is 4.74 Å². The average Bonchev–Trinajstić information content (AvgIpc) is 2.36. The number of hydrogen-bond acceptors (Lipinski definition) is 5. The van der Waals surface area contributed by atoms with E-state index >= 15 is 0 Å². The molecule has 6 heteroatoms. The van der Waals surface area contributed by atoms with E-state index in [1.165, 1.54) is 18.9 Å². The minimum Gasteiger partial charge on any atom is -0.468 e. The number of thioether (sulfide) groups is 1. The van der Waals surface area contributed by atoms with Gasteiger partial charge >= 0.3 is 5.97 Å². The Labute approximate surface area is 114 Å². The molecular weight excluding hydrogens is 304 g/mol. The molecule has 4 nitrogen and oxygen atoms in total. The highest BCUT2D eigenvalue weighted by Gasteiger charge is 2.32. The van der Waals surface area contributed by atoms with Crippen molar-refractivity contribution in [1.82, 2.24) is 10.3 Å². The number of methoxy groups -OCH3 is 1. The van der Waals surface area contributed by atoms with Crippen molar-refractivity contribution in [3.63, 3.8) is 0 Å². The van der Waals surface area contributed by atoms with Crippen molar-refractivity contribution in [2.75, 3.05) is 19.9 Å². The fourth-order valence-electron chi connectivity index (χ4n) is 1.15. The van der Waals surface area contributed by atoms with Crippen LogP contribution in [0.4, 0.5) is 0 Å². The lowest BCUT2D eigenvalue weighted by Gasteiger charge is -2.25. The number of likely N-dealkylation sites (N-methyl/N-ethyl adjacent to an activating group) is 1. The zero-order valence-corrected chi connectivity index (χ0v) is 12.4.